The highest BCUT2D eigenvalue weighted by Gasteiger charge is 2.12. The van der Waals surface area contributed by atoms with Crippen molar-refractivity contribution in [2.45, 2.75) is 26.8 Å². The van der Waals surface area contributed by atoms with Gasteiger partial charge in [0.15, 0.2) is 5.75 Å². The highest BCUT2D eigenvalue weighted by molar-refractivity contribution is 5.65. The van der Waals surface area contributed by atoms with E-state index in [0.29, 0.717) is 0 Å². The van der Waals surface area contributed by atoms with E-state index in [2.05, 4.69) is 49.3 Å². The Hall–Kier alpha value is -1.33. The number of hydrogen-bond donors (Lipinski definition) is 1. The fraction of sp³-hybridized carbons (Fsp3) is 0.667. The number of nitrogens with zero attached hydrogens (tertiary/aromatic N) is 3. The number of methoxy groups -OCH3 is 1. The van der Waals surface area contributed by atoms with Gasteiger partial charge in [-0.15, -0.1) is 0 Å². The van der Waals surface area contributed by atoms with Crippen LogP contribution in [0.1, 0.15) is 26.0 Å². The lowest BCUT2D eigenvalue weighted by Crippen LogP contribution is -2.20. The minimum atomic E-state index is 0.848. The molecular formula is C15H28N4O. The van der Waals surface area contributed by atoms with Gasteiger partial charge in [-0.25, -0.2) is 0 Å². The summed E-state index contributed by atoms with van der Waals surface area (Å²) in [5.74, 6) is 0.848. The molecule has 1 heterocycles. The van der Waals surface area contributed by atoms with Crippen molar-refractivity contribution in [3.05, 3.63) is 18.0 Å². The topological polar surface area (TPSA) is 42.3 Å². The van der Waals surface area contributed by atoms with Crippen molar-refractivity contribution in [1.82, 2.24) is 20.0 Å². The number of ether oxygens (including phenoxy) is 1. The molecule has 5 heteroatoms. The van der Waals surface area contributed by atoms with Crippen molar-refractivity contribution in [1.29, 1.82) is 0 Å². The van der Waals surface area contributed by atoms with Gasteiger partial charge in [0.25, 0.3) is 0 Å². The quantitative estimate of drug-likeness (QED) is 0.701. The molecular weight excluding hydrogens is 252 g/mol. The van der Waals surface area contributed by atoms with E-state index in [9.17, 15) is 0 Å². The summed E-state index contributed by atoms with van der Waals surface area (Å²) in [7, 11) is 5.84. The third-order valence-electron chi connectivity index (χ3n) is 3.18. The number of aromatic nitrogens is 2. The molecule has 0 radical (unpaired) electrons. The third-order valence-corrected chi connectivity index (χ3v) is 3.18. The van der Waals surface area contributed by atoms with Gasteiger partial charge in [0, 0.05) is 6.54 Å². The van der Waals surface area contributed by atoms with Crippen molar-refractivity contribution in [2.24, 2.45) is 0 Å². The lowest BCUT2D eigenvalue weighted by molar-refractivity contribution is 0.370. The van der Waals surface area contributed by atoms with Crippen LogP contribution in [0.15, 0.2) is 12.3 Å². The summed E-state index contributed by atoms with van der Waals surface area (Å²) >= 11 is 0. The molecule has 0 saturated carbocycles. The van der Waals surface area contributed by atoms with Gasteiger partial charge in [0.05, 0.1) is 19.9 Å². The van der Waals surface area contributed by atoms with E-state index in [1.54, 1.807) is 13.3 Å². The van der Waals surface area contributed by atoms with Crippen molar-refractivity contribution in [2.75, 3.05) is 40.8 Å². The fourth-order valence-electron chi connectivity index (χ4n) is 2.04. The molecule has 1 aromatic rings. The van der Waals surface area contributed by atoms with Gasteiger partial charge in [-0.2, -0.15) is 5.10 Å². The molecule has 0 amide bonds. The smallest absolute Gasteiger partial charge is 0.164 e. The Balaban J connectivity index is 2.81. The third kappa shape index (κ3) is 4.98. The molecule has 0 aliphatic carbocycles. The average molecular weight is 280 g/mol. The van der Waals surface area contributed by atoms with Crippen LogP contribution in [0.25, 0.3) is 5.57 Å². The maximum atomic E-state index is 5.43. The van der Waals surface area contributed by atoms with E-state index in [4.69, 9.17) is 4.74 Å². The summed E-state index contributed by atoms with van der Waals surface area (Å²) in [4.78, 5) is 2.15. The first-order valence-corrected chi connectivity index (χ1v) is 7.22. The monoisotopic (exact) mass is 280 g/mol. The van der Waals surface area contributed by atoms with Gasteiger partial charge < -0.3 is 15.0 Å². The Morgan fingerprint density at radius 2 is 2.25 bits per heavy atom. The molecule has 0 aromatic carbocycles. The molecule has 0 aliphatic heterocycles. The van der Waals surface area contributed by atoms with Gasteiger partial charge in [-0.3, -0.25) is 4.68 Å². The van der Waals surface area contributed by atoms with Gasteiger partial charge in [-0.1, -0.05) is 13.0 Å². The van der Waals surface area contributed by atoms with Crippen LogP contribution < -0.4 is 10.1 Å². The van der Waals surface area contributed by atoms with Crippen LogP contribution in [0.3, 0.4) is 0 Å². The van der Waals surface area contributed by atoms with Gasteiger partial charge in [0.1, 0.15) is 5.69 Å². The highest BCUT2D eigenvalue weighted by Crippen LogP contribution is 2.25. The van der Waals surface area contributed by atoms with E-state index in [1.165, 1.54) is 5.57 Å². The molecule has 5 nitrogen and oxygen atoms in total. The van der Waals surface area contributed by atoms with Crippen molar-refractivity contribution in [3.63, 3.8) is 0 Å². The summed E-state index contributed by atoms with van der Waals surface area (Å²) in [6.45, 7) is 8.08. The van der Waals surface area contributed by atoms with E-state index in [1.807, 2.05) is 4.68 Å². The van der Waals surface area contributed by atoms with Crippen LogP contribution in [0.5, 0.6) is 5.75 Å². The molecule has 0 atom stereocenters. The standard InChI is InChI=1S/C15H28N4O/c1-6-16-9-7-8-13(2)15-14(20-5)12-17-19(15)11-10-18(3)4/h8,12,16H,6-7,9-11H2,1-5H3/b13-8-. The first kappa shape index (κ1) is 16.7. The highest BCUT2D eigenvalue weighted by atomic mass is 16.5. The second-order valence-corrected chi connectivity index (χ2v) is 5.12. The zero-order valence-corrected chi connectivity index (χ0v) is 13.4. The molecule has 0 spiro atoms. The van der Waals surface area contributed by atoms with Crippen molar-refractivity contribution >= 4 is 5.57 Å². The van der Waals surface area contributed by atoms with Crippen LogP contribution in [0.4, 0.5) is 0 Å². The maximum absolute atomic E-state index is 5.43. The van der Waals surface area contributed by atoms with Crippen LogP contribution in [-0.4, -0.2) is 55.5 Å². The molecule has 0 fully saturated rings. The number of likely N-dealkylation sites (N-methyl/N-ethyl adjacent to an activating group) is 1. The Morgan fingerprint density at radius 1 is 1.50 bits per heavy atom. The molecule has 0 unspecified atom stereocenters. The van der Waals surface area contributed by atoms with Crippen molar-refractivity contribution in [3.8, 4) is 5.75 Å². The maximum Gasteiger partial charge on any atom is 0.164 e. The summed E-state index contributed by atoms with van der Waals surface area (Å²) < 4.78 is 7.45. The minimum Gasteiger partial charge on any atom is -0.493 e. The summed E-state index contributed by atoms with van der Waals surface area (Å²) in [6, 6.07) is 0. The second-order valence-electron chi connectivity index (χ2n) is 5.12. The van der Waals surface area contributed by atoms with E-state index < -0.39 is 0 Å². The summed E-state index contributed by atoms with van der Waals surface area (Å²) in [6.07, 6.45) is 5.06. The van der Waals surface area contributed by atoms with E-state index in [-0.39, 0.29) is 0 Å². The zero-order valence-electron chi connectivity index (χ0n) is 13.4. The molecule has 1 rings (SSSR count). The van der Waals surface area contributed by atoms with Gasteiger partial charge in [-0.05, 0) is 46.1 Å². The SMILES string of the molecule is CCNCC/C=C(/C)c1c(OC)cnn1CCN(C)C. The average Bonchev–Trinajstić information content (AvgIpc) is 2.84. The minimum absolute atomic E-state index is 0.848. The van der Waals surface area contributed by atoms with Gasteiger partial charge >= 0.3 is 0 Å². The first-order chi connectivity index (χ1) is 9.60. The predicted molar refractivity (Wildman–Crippen MR) is 84.1 cm³/mol. The van der Waals surface area contributed by atoms with E-state index >= 15 is 0 Å². The molecule has 114 valence electrons. The summed E-state index contributed by atoms with van der Waals surface area (Å²) in [5.41, 5.74) is 2.31. The number of nitrogens with one attached hydrogen (secondary N) is 1. The van der Waals surface area contributed by atoms with Crippen LogP contribution in [-0.2, 0) is 6.54 Å². The van der Waals surface area contributed by atoms with E-state index in [0.717, 1.165) is 44.0 Å². The van der Waals surface area contributed by atoms with Crippen molar-refractivity contribution < 1.29 is 4.74 Å². The number of hydrogen-bond acceptors (Lipinski definition) is 4. The lowest BCUT2D eigenvalue weighted by atomic mass is 10.1. The van der Waals surface area contributed by atoms with Crippen LogP contribution in [0.2, 0.25) is 0 Å². The largest absolute Gasteiger partial charge is 0.493 e. The molecule has 1 aromatic heterocycles. The molecule has 20 heavy (non-hydrogen) atoms. The number of allylic oxidation sites excluding steroid dienone is 1. The Morgan fingerprint density at radius 3 is 2.85 bits per heavy atom. The second kappa shape index (κ2) is 8.76. The summed E-state index contributed by atoms with van der Waals surface area (Å²) in [5, 5.41) is 7.76. The van der Waals surface area contributed by atoms with Crippen LogP contribution >= 0.6 is 0 Å². The van der Waals surface area contributed by atoms with Gasteiger partial charge in [0.2, 0.25) is 0 Å². The van der Waals surface area contributed by atoms with Crippen LogP contribution in [0, 0.1) is 0 Å². The zero-order chi connectivity index (χ0) is 15.0. The predicted octanol–water partition coefficient (Wildman–Crippen LogP) is 1.86. The molecule has 1 N–H and O–H groups in total. The molecule has 0 bridgehead atoms. The fourth-order valence-corrected chi connectivity index (χ4v) is 2.04. The normalized spacial score (nSPS) is 12.2. The molecule has 0 aliphatic rings. The Bertz CT molecular complexity index is 424. The Labute approximate surface area is 122 Å². The Kier molecular flexibility index (Phi) is 7.33. The molecule has 0 saturated heterocycles. The number of rotatable bonds is 9. The lowest BCUT2D eigenvalue weighted by Gasteiger charge is -2.13. The first-order valence-electron chi connectivity index (χ1n) is 7.22.